The van der Waals surface area contributed by atoms with E-state index < -0.39 is 19.3 Å². The second-order valence-electron chi connectivity index (χ2n) is 12.4. The van der Waals surface area contributed by atoms with Crippen LogP contribution in [0.5, 0.6) is 11.5 Å². The Kier molecular flexibility index (Phi) is 11.0. The van der Waals surface area contributed by atoms with Gasteiger partial charge in [0.25, 0.3) is 0 Å². The molecule has 54 heavy (non-hydrogen) atoms. The molecule has 1 saturated heterocycles. The van der Waals surface area contributed by atoms with Crippen LogP contribution in [0.1, 0.15) is 39.9 Å². The minimum absolute atomic E-state index is 0.395. The lowest BCUT2D eigenvalue weighted by Gasteiger charge is -2.34. The van der Waals surface area contributed by atoms with Crippen LogP contribution in [0.2, 0.25) is 0 Å². The van der Waals surface area contributed by atoms with Gasteiger partial charge >= 0.3 is 13.5 Å². The molecule has 0 aromatic heterocycles. The lowest BCUT2D eigenvalue weighted by Crippen LogP contribution is -2.36. The fourth-order valence-corrected chi connectivity index (χ4v) is 8.93. The van der Waals surface area contributed by atoms with E-state index in [1.807, 2.05) is 36.4 Å². The number of nitriles is 2. The topological polar surface area (TPSA) is 117 Å². The van der Waals surface area contributed by atoms with Crippen molar-refractivity contribution in [3.05, 3.63) is 178 Å². The number of allylic oxidation sites excluding steroid dienone is 2. The Labute approximate surface area is 313 Å². The minimum atomic E-state index is -3.70. The third-order valence-electron chi connectivity index (χ3n) is 8.85. The summed E-state index contributed by atoms with van der Waals surface area (Å²) in [5.41, 5.74) is 3.96. The number of rotatable bonds is 10. The molecule has 1 fully saturated rings. The Balaban J connectivity index is 1.52. The number of nitrogens with zero attached hydrogens (tertiary/aromatic N) is 4. The maximum Gasteiger partial charge on any atom is 0.349 e. The number of morpholine rings is 1. The third kappa shape index (κ3) is 8.11. The fourth-order valence-electron chi connectivity index (χ4n) is 6.28. The predicted octanol–water partition coefficient (Wildman–Crippen LogP) is 10.00. The van der Waals surface area contributed by atoms with Crippen molar-refractivity contribution >= 4 is 24.9 Å². The first-order chi connectivity index (χ1) is 26.4. The molecule has 0 N–H and O–H groups in total. The number of benzene rings is 5. The normalized spacial score (nSPS) is 15.1. The van der Waals surface area contributed by atoms with E-state index in [1.165, 1.54) is 12.1 Å². The van der Waals surface area contributed by atoms with Gasteiger partial charge in [-0.05, 0) is 97.8 Å². The third-order valence-corrected chi connectivity index (χ3v) is 11.4. The van der Waals surface area contributed by atoms with Gasteiger partial charge in [-0.3, -0.25) is 0 Å². The summed E-state index contributed by atoms with van der Waals surface area (Å²) in [4.78, 5) is 16.0. The molecule has 1 aliphatic heterocycles. The molecule has 0 bridgehead atoms. The van der Waals surface area contributed by atoms with Gasteiger partial charge in [-0.2, -0.15) is 15.3 Å². The molecule has 0 radical (unpaired) electrons. The minimum Gasteiger partial charge on any atom is -0.427 e. The van der Waals surface area contributed by atoms with Crippen molar-refractivity contribution in [2.75, 3.05) is 26.3 Å². The largest absolute Gasteiger partial charge is 0.427 e. The van der Waals surface area contributed by atoms with E-state index in [0.717, 1.165) is 16.6 Å². The van der Waals surface area contributed by atoms with E-state index in [1.54, 1.807) is 84.9 Å². The summed E-state index contributed by atoms with van der Waals surface area (Å²) in [6.07, 6.45) is 0.856. The zero-order valence-corrected chi connectivity index (χ0v) is 30.0. The fraction of sp³-hybridized carbons (Fsp3) is 0.140. The molecule has 1 aliphatic carbocycles. The summed E-state index contributed by atoms with van der Waals surface area (Å²) in [7, 11) is -3.70. The number of carbonyl (C=O) groups excluding carboxylic acids is 1. The maximum absolute atomic E-state index is 14.3. The Morgan fingerprint density at radius 3 is 1.78 bits per heavy atom. The van der Waals surface area contributed by atoms with Crippen LogP contribution in [0.25, 0.3) is 5.76 Å². The smallest absolute Gasteiger partial charge is 0.349 e. The lowest BCUT2D eigenvalue weighted by molar-refractivity contribution is 0.0544. The van der Waals surface area contributed by atoms with Crippen LogP contribution in [0, 0.1) is 28.5 Å². The molecule has 0 unspecified atom stereocenters. The Morgan fingerprint density at radius 1 is 0.704 bits per heavy atom. The molecule has 7 rings (SSSR count). The average molecular weight is 737 g/mol. The standard InChI is InChI=1S/C43H34FN4O5P/c44-35-15-17-36(18-16-35)47-54(52-37-19-11-31(29-45)12-20-37,53-38-21-13-32(30-46)14-22-38)40-24-23-39(41(40)48-25-27-50-28-26-48)42(33-7-3-1-4-8-33)51-43(49)34-9-5-2-6-10-34/h1-22H,23-28H2. The first-order valence-corrected chi connectivity index (χ1v) is 18.9. The number of ether oxygens (including phenoxy) is 2. The second-order valence-corrected chi connectivity index (χ2v) is 14.5. The summed E-state index contributed by atoms with van der Waals surface area (Å²) in [6.45, 7) is 1.98. The number of hydrogen-bond donors (Lipinski definition) is 0. The van der Waals surface area contributed by atoms with Crippen molar-refractivity contribution in [1.29, 1.82) is 10.5 Å². The van der Waals surface area contributed by atoms with Crippen molar-refractivity contribution in [2.45, 2.75) is 12.8 Å². The highest BCUT2D eigenvalue weighted by Crippen LogP contribution is 2.66. The molecule has 0 amide bonds. The number of halogens is 1. The van der Waals surface area contributed by atoms with Gasteiger partial charge in [0, 0.05) is 24.2 Å². The van der Waals surface area contributed by atoms with Crippen LogP contribution in [-0.4, -0.2) is 37.2 Å². The van der Waals surface area contributed by atoms with E-state index in [2.05, 4.69) is 17.0 Å². The second kappa shape index (κ2) is 16.5. The molecule has 5 aromatic rings. The molecular formula is C43H34FN4O5P. The van der Waals surface area contributed by atoms with Gasteiger partial charge in [-0.15, -0.1) is 0 Å². The molecule has 0 spiro atoms. The molecule has 9 nitrogen and oxygen atoms in total. The van der Waals surface area contributed by atoms with Crippen LogP contribution in [0.15, 0.2) is 155 Å². The van der Waals surface area contributed by atoms with Crippen LogP contribution in [0.3, 0.4) is 0 Å². The molecular weight excluding hydrogens is 702 g/mol. The summed E-state index contributed by atoms with van der Waals surface area (Å²) >= 11 is 0. The van der Waals surface area contributed by atoms with Crippen molar-refractivity contribution in [2.24, 2.45) is 4.74 Å². The van der Waals surface area contributed by atoms with Crippen LogP contribution >= 0.6 is 7.51 Å². The molecule has 11 heteroatoms. The highest BCUT2D eigenvalue weighted by atomic mass is 31.2. The van der Waals surface area contributed by atoms with Crippen LogP contribution < -0.4 is 9.05 Å². The molecule has 0 saturated carbocycles. The molecule has 5 aromatic carbocycles. The average Bonchev–Trinajstić information content (AvgIpc) is 3.68. The van der Waals surface area contributed by atoms with E-state index in [9.17, 15) is 19.7 Å². The van der Waals surface area contributed by atoms with Crippen molar-refractivity contribution < 1.29 is 27.7 Å². The summed E-state index contributed by atoms with van der Waals surface area (Å²) in [5, 5.41) is 19.8. The number of hydrogen-bond acceptors (Lipinski definition) is 9. The van der Waals surface area contributed by atoms with Gasteiger partial charge < -0.3 is 23.4 Å². The van der Waals surface area contributed by atoms with Crippen LogP contribution in [0.4, 0.5) is 10.1 Å². The first kappa shape index (κ1) is 35.9. The van der Waals surface area contributed by atoms with Crippen molar-refractivity contribution in [3.63, 3.8) is 0 Å². The van der Waals surface area contributed by atoms with Gasteiger partial charge in [0.15, 0.2) is 0 Å². The quantitative estimate of drug-likeness (QED) is 0.0790. The summed E-state index contributed by atoms with van der Waals surface area (Å²) < 4.78 is 45.6. The van der Waals surface area contributed by atoms with Gasteiger partial charge in [0.05, 0.1) is 58.7 Å². The zero-order chi connectivity index (χ0) is 37.3. The van der Waals surface area contributed by atoms with Gasteiger partial charge in [0.2, 0.25) is 0 Å². The number of carbonyl (C=O) groups is 1. The monoisotopic (exact) mass is 736 g/mol. The summed E-state index contributed by atoms with van der Waals surface area (Å²) in [6, 6.07) is 41.7. The van der Waals surface area contributed by atoms with E-state index in [-0.39, 0.29) is 0 Å². The molecule has 2 aliphatic rings. The maximum atomic E-state index is 14.3. The first-order valence-electron chi connectivity index (χ1n) is 17.3. The van der Waals surface area contributed by atoms with Crippen LogP contribution in [-0.2, 0) is 9.47 Å². The Hall–Kier alpha value is -6.45. The summed E-state index contributed by atoms with van der Waals surface area (Å²) in [5.74, 6) is 0.263. The van der Waals surface area contributed by atoms with Crippen molar-refractivity contribution in [3.8, 4) is 23.6 Å². The highest BCUT2D eigenvalue weighted by Gasteiger charge is 2.42. The Morgan fingerprint density at radius 2 is 1.24 bits per heavy atom. The molecule has 1 heterocycles. The van der Waals surface area contributed by atoms with Gasteiger partial charge in [-0.1, -0.05) is 48.5 Å². The van der Waals surface area contributed by atoms with E-state index in [0.29, 0.717) is 84.3 Å². The predicted molar refractivity (Wildman–Crippen MR) is 203 cm³/mol. The van der Waals surface area contributed by atoms with Gasteiger partial charge in [-0.25, -0.2) is 9.18 Å². The number of esters is 1. The molecule has 268 valence electrons. The Bertz CT molecular complexity index is 2260. The SMILES string of the molecule is N#Cc1ccc(OP(=Nc2ccc(F)cc2)(Oc2ccc(C#N)cc2)C2=C(N3CCOCC3)C(=C(OC(=O)c3ccccc3)c3ccccc3)CC2)cc1. The highest BCUT2D eigenvalue weighted by molar-refractivity contribution is 7.62. The van der Waals surface area contributed by atoms with Gasteiger partial charge in [0.1, 0.15) is 23.1 Å². The van der Waals surface area contributed by atoms with E-state index in [4.69, 9.17) is 23.3 Å². The van der Waals surface area contributed by atoms with E-state index >= 15 is 0 Å². The van der Waals surface area contributed by atoms with Crippen molar-refractivity contribution in [1.82, 2.24) is 4.90 Å². The lowest BCUT2D eigenvalue weighted by atomic mass is 10.0. The zero-order valence-electron chi connectivity index (χ0n) is 29.1. The molecule has 0 atom stereocenters.